The molecule has 0 radical (unpaired) electrons. The van der Waals surface area contributed by atoms with E-state index in [1.807, 2.05) is 0 Å². The number of hydrogen-bond acceptors (Lipinski definition) is 3. The van der Waals surface area contributed by atoms with Gasteiger partial charge in [0.05, 0.1) is 11.1 Å². The Hall–Kier alpha value is -2.26. The fraction of sp³-hybridized carbons (Fsp3) is 0.125. The number of rotatable bonds is 4. The van der Waals surface area contributed by atoms with E-state index < -0.39 is 45.5 Å². The lowest BCUT2D eigenvalue weighted by molar-refractivity contribution is -0.143. The molecule has 0 N–H and O–H groups in total. The summed E-state index contributed by atoms with van der Waals surface area (Å²) in [7, 11) is 0. The Balaban J connectivity index is 2.56. The Kier molecular flexibility index (Phi) is 5.77. The predicted molar refractivity (Wildman–Crippen MR) is 83.3 cm³/mol. The number of carbonyl (C=O) groups is 2. The fourth-order valence-electron chi connectivity index (χ4n) is 2.01. The summed E-state index contributed by atoms with van der Waals surface area (Å²) in [5, 5.41) is -2.08. The normalized spacial score (nSPS) is 12.0. The third-order valence-corrected chi connectivity index (χ3v) is 3.59. The van der Waals surface area contributed by atoms with E-state index >= 15 is 0 Å². The van der Waals surface area contributed by atoms with Crippen LogP contribution in [-0.4, -0.2) is 10.5 Å². The first-order chi connectivity index (χ1) is 12.3. The maximum Gasteiger partial charge on any atom is 0.416 e. The van der Waals surface area contributed by atoms with Gasteiger partial charge in [-0.25, -0.2) is 0 Å². The van der Waals surface area contributed by atoms with Crippen LogP contribution in [0.25, 0.3) is 0 Å². The van der Waals surface area contributed by atoms with E-state index in [2.05, 4.69) is 0 Å². The number of halogens is 8. The topological polar surface area (TPSA) is 43.4 Å². The molecule has 0 amide bonds. The largest absolute Gasteiger partial charge is 0.457 e. The van der Waals surface area contributed by atoms with Crippen molar-refractivity contribution in [3.63, 3.8) is 0 Å². The van der Waals surface area contributed by atoms with Crippen LogP contribution in [0.3, 0.4) is 0 Å². The van der Waals surface area contributed by atoms with Gasteiger partial charge in [-0.2, -0.15) is 26.3 Å². The van der Waals surface area contributed by atoms with E-state index in [9.17, 15) is 35.9 Å². The number of benzene rings is 2. The lowest BCUT2D eigenvalue weighted by Gasteiger charge is -2.15. The molecule has 2 aromatic rings. The fourth-order valence-corrected chi connectivity index (χ4v) is 2.22. The standard InChI is InChI=1S/C16H6Cl2F6O3/c17-13(25)7-1-8(14(18)26)3-11(2-7)27-12-5-9(15(19,20)21)4-10(6-12)16(22,23)24/h1-6H. The van der Waals surface area contributed by atoms with Gasteiger partial charge in [-0.1, -0.05) is 0 Å². The number of ether oxygens (including phenoxy) is 1. The summed E-state index contributed by atoms with van der Waals surface area (Å²) in [6, 6.07) is 3.47. The van der Waals surface area contributed by atoms with Gasteiger partial charge in [0.1, 0.15) is 11.5 Å². The maximum absolute atomic E-state index is 12.9. The summed E-state index contributed by atoms with van der Waals surface area (Å²) < 4.78 is 82.2. The molecule has 0 bridgehead atoms. The van der Waals surface area contributed by atoms with E-state index in [1.165, 1.54) is 0 Å². The van der Waals surface area contributed by atoms with Crippen molar-refractivity contribution >= 4 is 33.7 Å². The highest BCUT2D eigenvalue weighted by Gasteiger charge is 2.37. The minimum atomic E-state index is -5.06. The third kappa shape index (κ3) is 5.36. The zero-order valence-electron chi connectivity index (χ0n) is 12.7. The molecule has 0 heterocycles. The second-order valence-electron chi connectivity index (χ2n) is 5.14. The zero-order chi connectivity index (χ0) is 20.6. The van der Waals surface area contributed by atoms with Gasteiger partial charge in [0.25, 0.3) is 10.5 Å². The summed E-state index contributed by atoms with van der Waals surface area (Å²) in [6.07, 6.45) is -10.1. The van der Waals surface area contributed by atoms with E-state index in [-0.39, 0.29) is 17.2 Å². The van der Waals surface area contributed by atoms with Gasteiger partial charge >= 0.3 is 12.4 Å². The van der Waals surface area contributed by atoms with Crippen molar-refractivity contribution in [2.75, 3.05) is 0 Å². The van der Waals surface area contributed by atoms with Gasteiger partial charge < -0.3 is 4.74 Å². The molecular weight excluding hydrogens is 425 g/mol. The second kappa shape index (κ2) is 7.40. The molecule has 0 spiro atoms. The Morgan fingerprint density at radius 2 is 1.04 bits per heavy atom. The van der Waals surface area contributed by atoms with Gasteiger partial charge in [-0.3, -0.25) is 9.59 Å². The molecule has 2 aromatic carbocycles. The molecule has 2 rings (SSSR count). The highest BCUT2D eigenvalue weighted by molar-refractivity contribution is 6.69. The van der Waals surface area contributed by atoms with Crippen molar-refractivity contribution in [2.45, 2.75) is 12.4 Å². The molecule has 144 valence electrons. The van der Waals surface area contributed by atoms with E-state index in [0.717, 1.165) is 18.2 Å². The monoisotopic (exact) mass is 430 g/mol. The van der Waals surface area contributed by atoms with Crippen LogP contribution in [0, 0.1) is 0 Å². The van der Waals surface area contributed by atoms with Crippen molar-refractivity contribution in [3.05, 3.63) is 58.7 Å². The lowest BCUT2D eigenvalue weighted by Crippen LogP contribution is -2.11. The van der Waals surface area contributed by atoms with Crippen molar-refractivity contribution in [1.82, 2.24) is 0 Å². The minimum absolute atomic E-state index is 0.0701. The molecular formula is C16H6Cl2F6O3. The summed E-state index contributed by atoms with van der Waals surface area (Å²) in [6.45, 7) is 0. The lowest BCUT2D eigenvalue weighted by atomic mass is 10.1. The first kappa shape index (κ1) is 21.0. The van der Waals surface area contributed by atoms with Crippen molar-refractivity contribution in [1.29, 1.82) is 0 Å². The first-order valence-corrected chi connectivity index (χ1v) is 7.55. The quantitative estimate of drug-likeness (QED) is 0.423. The molecule has 0 saturated heterocycles. The van der Waals surface area contributed by atoms with Crippen LogP contribution in [0.4, 0.5) is 26.3 Å². The Morgan fingerprint density at radius 3 is 1.37 bits per heavy atom. The summed E-state index contributed by atoms with van der Waals surface area (Å²) in [5.41, 5.74) is -3.77. The Bertz CT molecular complexity index is 842. The zero-order valence-corrected chi connectivity index (χ0v) is 14.2. The Labute approximate surface area is 157 Å². The van der Waals surface area contributed by atoms with Gasteiger partial charge in [-0.05, 0) is 59.6 Å². The van der Waals surface area contributed by atoms with E-state index in [0.29, 0.717) is 12.1 Å². The molecule has 0 aliphatic carbocycles. The average molecular weight is 431 g/mol. The molecule has 0 atom stereocenters. The van der Waals surface area contributed by atoms with E-state index in [1.54, 1.807) is 0 Å². The van der Waals surface area contributed by atoms with Crippen LogP contribution in [0.15, 0.2) is 36.4 Å². The molecule has 0 saturated carbocycles. The molecule has 27 heavy (non-hydrogen) atoms. The van der Waals surface area contributed by atoms with Crippen LogP contribution in [0.5, 0.6) is 11.5 Å². The molecule has 3 nitrogen and oxygen atoms in total. The van der Waals surface area contributed by atoms with E-state index in [4.69, 9.17) is 27.9 Å². The van der Waals surface area contributed by atoms with Crippen LogP contribution >= 0.6 is 23.2 Å². The number of carbonyl (C=O) groups excluding carboxylic acids is 2. The van der Waals surface area contributed by atoms with Crippen LogP contribution in [0.1, 0.15) is 31.8 Å². The van der Waals surface area contributed by atoms with Gasteiger partial charge in [0.15, 0.2) is 0 Å². The summed E-state index contributed by atoms with van der Waals surface area (Å²) >= 11 is 10.6. The third-order valence-electron chi connectivity index (χ3n) is 3.16. The maximum atomic E-state index is 12.9. The first-order valence-electron chi connectivity index (χ1n) is 6.79. The number of alkyl halides is 6. The van der Waals surface area contributed by atoms with Crippen molar-refractivity contribution in [2.24, 2.45) is 0 Å². The summed E-state index contributed by atoms with van der Waals surface area (Å²) in [4.78, 5) is 22.5. The molecule has 0 aromatic heterocycles. The number of hydrogen-bond donors (Lipinski definition) is 0. The van der Waals surface area contributed by atoms with Crippen molar-refractivity contribution < 1.29 is 40.7 Å². The second-order valence-corrected chi connectivity index (χ2v) is 5.82. The van der Waals surface area contributed by atoms with Gasteiger partial charge in [0.2, 0.25) is 0 Å². The summed E-state index contributed by atoms with van der Waals surface area (Å²) in [5.74, 6) is -1.22. The smallest absolute Gasteiger partial charge is 0.416 e. The highest BCUT2D eigenvalue weighted by atomic mass is 35.5. The van der Waals surface area contributed by atoms with Gasteiger partial charge in [-0.15, -0.1) is 0 Å². The van der Waals surface area contributed by atoms with Crippen LogP contribution < -0.4 is 4.74 Å². The molecule has 0 fully saturated rings. The molecule has 11 heteroatoms. The molecule has 0 aliphatic rings. The Morgan fingerprint density at radius 1 is 0.667 bits per heavy atom. The highest BCUT2D eigenvalue weighted by Crippen LogP contribution is 2.39. The molecule has 0 unspecified atom stereocenters. The van der Waals surface area contributed by atoms with Crippen LogP contribution in [0.2, 0.25) is 0 Å². The minimum Gasteiger partial charge on any atom is -0.457 e. The van der Waals surface area contributed by atoms with Crippen molar-refractivity contribution in [3.8, 4) is 11.5 Å². The predicted octanol–water partition coefficient (Wildman–Crippen LogP) is 6.27. The van der Waals surface area contributed by atoms with Gasteiger partial charge in [0, 0.05) is 11.1 Å². The van der Waals surface area contributed by atoms with Crippen LogP contribution in [-0.2, 0) is 12.4 Å². The SMILES string of the molecule is O=C(Cl)c1cc(Oc2cc(C(F)(F)F)cc(C(F)(F)F)c2)cc(C(=O)Cl)c1. The molecule has 0 aliphatic heterocycles. The average Bonchev–Trinajstić information content (AvgIpc) is 2.52.